The number of aromatic nitrogens is 4. The molecule has 2 heterocycles. The number of nitrogens with zero attached hydrogens (tertiary/aromatic N) is 4. The molecule has 3 rings (SSSR count). The first kappa shape index (κ1) is 18.2. The van der Waals surface area contributed by atoms with E-state index >= 15 is 0 Å². The maximum atomic E-state index is 12.7. The van der Waals surface area contributed by atoms with Gasteiger partial charge >= 0.3 is 6.18 Å². The number of amides is 1. The highest BCUT2D eigenvalue weighted by Crippen LogP contribution is 2.28. The van der Waals surface area contributed by atoms with Gasteiger partial charge in [-0.2, -0.15) is 13.2 Å². The van der Waals surface area contributed by atoms with Gasteiger partial charge in [-0.15, -0.1) is 5.10 Å². The third-order valence-corrected chi connectivity index (χ3v) is 4.32. The number of nitrogens with one attached hydrogen (secondary N) is 1. The lowest BCUT2D eigenvalue weighted by atomic mass is 10.1. The zero-order chi connectivity index (χ0) is 18.7. The first-order chi connectivity index (χ1) is 12.3. The van der Waals surface area contributed by atoms with Crippen molar-refractivity contribution < 1.29 is 18.0 Å². The number of halogens is 3. The van der Waals surface area contributed by atoms with E-state index in [4.69, 9.17) is 0 Å². The van der Waals surface area contributed by atoms with E-state index in [1.54, 1.807) is 0 Å². The minimum absolute atomic E-state index is 0.0189. The third-order valence-electron chi connectivity index (χ3n) is 3.48. The highest BCUT2D eigenvalue weighted by atomic mass is 32.2. The van der Waals surface area contributed by atoms with Crippen LogP contribution in [0.4, 0.5) is 18.9 Å². The molecule has 2 aromatic heterocycles. The minimum Gasteiger partial charge on any atom is -0.325 e. The summed E-state index contributed by atoms with van der Waals surface area (Å²) in [5, 5.41) is 6.94. The summed E-state index contributed by atoms with van der Waals surface area (Å²) in [6.45, 7) is 2.04. The zero-order valence-corrected chi connectivity index (χ0v) is 14.4. The number of aryl methyl sites for hydroxylation is 1. The van der Waals surface area contributed by atoms with Crippen LogP contribution in [0, 0.1) is 0 Å². The molecule has 26 heavy (non-hydrogen) atoms. The average molecular weight is 381 g/mol. The number of thioether (sulfide) groups is 1. The van der Waals surface area contributed by atoms with Gasteiger partial charge < -0.3 is 5.32 Å². The van der Waals surface area contributed by atoms with Crippen LogP contribution in [0.5, 0.6) is 0 Å². The summed E-state index contributed by atoms with van der Waals surface area (Å²) in [5.74, 6) is -0.224. The van der Waals surface area contributed by atoms with Gasteiger partial charge in [-0.25, -0.2) is 14.5 Å². The van der Waals surface area contributed by atoms with Crippen LogP contribution in [0.3, 0.4) is 0 Å². The van der Waals surface area contributed by atoms with Crippen LogP contribution in [-0.4, -0.2) is 31.2 Å². The van der Waals surface area contributed by atoms with E-state index in [1.807, 2.05) is 31.2 Å². The van der Waals surface area contributed by atoms with Crippen molar-refractivity contribution in [2.75, 3.05) is 11.1 Å². The van der Waals surface area contributed by atoms with E-state index < -0.39 is 11.9 Å². The van der Waals surface area contributed by atoms with Crippen LogP contribution in [0.2, 0.25) is 0 Å². The molecular weight excluding hydrogens is 367 g/mol. The maximum Gasteiger partial charge on any atom is 0.433 e. The molecule has 0 aliphatic rings. The van der Waals surface area contributed by atoms with Crippen LogP contribution in [-0.2, 0) is 17.4 Å². The molecule has 1 N–H and O–H groups in total. The van der Waals surface area contributed by atoms with E-state index in [1.165, 1.54) is 0 Å². The van der Waals surface area contributed by atoms with Crippen molar-refractivity contribution in [3.05, 3.63) is 47.9 Å². The second-order valence-corrected chi connectivity index (χ2v) is 6.30. The standard InChI is InChI=1S/C16H14F3N5OS/c1-2-10-3-5-11(6-4-10)21-14(25)8-26-15-22-13-7-12(16(17,18)19)20-9-24(13)23-15/h3-7,9H,2,8H2,1H3,(H,21,25). The Bertz CT molecular complexity index is 924. The Kier molecular flexibility index (Phi) is 5.12. The summed E-state index contributed by atoms with van der Waals surface area (Å²) in [7, 11) is 0. The third kappa shape index (κ3) is 4.31. The van der Waals surface area contributed by atoms with Crippen LogP contribution in [0.25, 0.3) is 5.65 Å². The Balaban J connectivity index is 1.62. The van der Waals surface area contributed by atoms with Gasteiger partial charge in [0.15, 0.2) is 5.65 Å². The zero-order valence-electron chi connectivity index (χ0n) is 13.6. The number of hydrogen-bond acceptors (Lipinski definition) is 5. The van der Waals surface area contributed by atoms with E-state index in [-0.39, 0.29) is 22.5 Å². The Morgan fingerprint density at radius 3 is 2.65 bits per heavy atom. The fourth-order valence-electron chi connectivity index (χ4n) is 2.14. The molecule has 0 aliphatic heterocycles. The second-order valence-electron chi connectivity index (χ2n) is 5.36. The Morgan fingerprint density at radius 2 is 2.00 bits per heavy atom. The number of carbonyl (C=O) groups is 1. The molecule has 0 unspecified atom stereocenters. The predicted molar refractivity (Wildman–Crippen MR) is 91.0 cm³/mol. The highest BCUT2D eigenvalue weighted by molar-refractivity contribution is 7.99. The van der Waals surface area contributed by atoms with Gasteiger partial charge in [0.05, 0.1) is 5.75 Å². The van der Waals surface area contributed by atoms with Crippen molar-refractivity contribution >= 4 is 29.0 Å². The van der Waals surface area contributed by atoms with Gasteiger partial charge in [0, 0.05) is 11.8 Å². The highest BCUT2D eigenvalue weighted by Gasteiger charge is 2.33. The topological polar surface area (TPSA) is 72.2 Å². The Morgan fingerprint density at radius 1 is 1.27 bits per heavy atom. The lowest BCUT2D eigenvalue weighted by Gasteiger charge is -2.04. The van der Waals surface area contributed by atoms with E-state index in [0.29, 0.717) is 5.69 Å². The van der Waals surface area contributed by atoms with Crippen molar-refractivity contribution in [1.29, 1.82) is 0 Å². The lowest BCUT2D eigenvalue weighted by molar-refractivity contribution is -0.141. The number of benzene rings is 1. The molecule has 1 aromatic carbocycles. The van der Waals surface area contributed by atoms with Gasteiger partial charge in [0.25, 0.3) is 0 Å². The van der Waals surface area contributed by atoms with Crippen LogP contribution < -0.4 is 5.32 Å². The maximum absolute atomic E-state index is 12.7. The number of carbonyl (C=O) groups excluding carboxylic acids is 1. The van der Waals surface area contributed by atoms with Crippen molar-refractivity contribution in [3.8, 4) is 0 Å². The Hall–Kier alpha value is -2.62. The number of alkyl halides is 3. The molecule has 0 fully saturated rings. The summed E-state index contributed by atoms with van der Waals surface area (Å²) in [6, 6.07) is 8.30. The van der Waals surface area contributed by atoms with Gasteiger partial charge in [0.1, 0.15) is 12.0 Å². The van der Waals surface area contributed by atoms with Gasteiger partial charge in [-0.3, -0.25) is 4.79 Å². The normalized spacial score (nSPS) is 11.7. The quantitative estimate of drug-likeness (QED) is 0.686. The monoisotopic (exact) mass is 381 g/mol. The van der Waals surface area contributed by atoms with E-state index in [0.717, 1.165) is 40.7 Å². The molecule has 0 radical (unpaired) electrons. The molecule has 0 spiro atoms. The average Bonchev–Trinajstić information content (AvgIpc) is 3.02. The van der Waals surface area contributed by atoms with Crippen molar-refractivity contribution in [2.24, 2.45) is 0 Å². The molecule has 0 atom stereocenters. The fraction of sp³-hybridized carbons (Fsp3) is 0.250. The first-order valence-electron chi connectivity index (χ1n) is 7.66. The Labute approximate surface area is 150 Å². The fourth-order valence-corrected chi connectivity index (χ4v) is 2.78. The molecule has 136 valence electrons. The number of hydrogen-bond donors (Lipinski definition) is 1. The van der Waals surface area contributed by atoms with Crippen LogP contribution in [0.15, 0.2) is 41.8 Å². The SMILES string of the molecule is CCc1ccc(NC(=O)CSc2nc3cc(C(F)(F)F)ncn3n2)cc1. The number of fused-ring (bicyclic) bond motifs is 1. The van der Waals surface area contributed by atoms with Gasteiger partial charge in [0.2, 0.25) is 11.1 Å². The number of rotatable bonds is 5. The molecule has 0 saturated carbocycles. The summed E-state index contributed by atoms with van der Waals surface area (Å²) < 4.78 is 39.1. The molecular formula is C16H14F3N5OS. The predicted octanol–water partition coefficient (Wildman–Crippen LogP) is 3.44. The van der Waals surface area contributed by atoms with Gasteiger partial charge in [-0.1, -0.05) is 30.8 Å². The summed E-state index contributed by atoms with van der Waals surface area (Å²) in [4.78, 5) is 19.3. The molecule has 0 saturated heterocycles. The second kappa shape index (κ2) is 7.32. The minimum atomic E-state index is -4.55. The van der Waals surface area contributed by atoms with Crippen molar-refractivity contribution in [1.82, 2.24) is 19.6 Å². The summed E-state index contributed by atoms with van der Waals surface area (Å²) in [5.41, 5.74) is 0.820. The largest absolute Gasteiger partial charge is 0.433 e. The number of anilines is 1. The molecule has 0 aliphatic carbocycles. The first-order valence-corrected chi connectivity index (χ1v) is 8.65. The van der Waals surface area contributed by atoms with Gasteiger partial charge in [-0.05, 0) is 24.1 Å². The molecule has 3 aromatic rings. The summed E-state index contributed by atoms with van der Waals surface area (Å²) in [6.07, 6.45) is -2.69. The van der Waals surface area contributed by atoms with Crippen molar-refractivity contribution in [2.45, 2.75) is 24.7 Å². The molecule has 0 bridgehead atoms. The van der Waals surface area contributed by atoms with E-state index in [2.05, 4.69) is 20.4 Å². The molecule has 1 amide bonds. The molecule has 10 heteroatoms. The summed E-state index contributed by atoms with van der Waals surface area (Å²) >= 11 is 1.03. The lowest BCUT2D eigenvalue weighted by Crippen LogP contribution is -2.14. The smallest absolute Gasteiger partial charge is 0.325 e. The van der Waals surface area contributed by atoms with E-state index in [9.17, 15) is 18.0 Å². The molecule has 6 nitrogen and oxygen atoms in total. The van der Waals surface area contributed by atoms with Crippen LogP contribution >= 0.6 is 11.8 Å². The van der Waals surface area contributed by atoms with Crippen molar-refractivity contribution in [3.63, 3.8) is 0 Å². The van der Waals surface area contributed by atoms with Crippen LogP contribution in [0.1, 0.15) is 18.2 Å².